The summed E-state index contributed by atoms with van der Waals surface area (Å²) in [5.41, 5.74) is 0. The van der Waals surface area contributed by atoms with Crippen LogP contribution in [0.25, 0.3) is 0 Å². The number of nitrogens with zero attached hydrogens (tertiary/aromatic N) is 1. The van der Waals surface area contributed by atoms with Crippen LogP contribution in [-0.2, 0) is 11.3 Å². The summed E-state index contributed by atoms with van der Waals surface area (Å²) in [5, 5.41) is 2.02. The molecule has 0 N–H and O–H groups in total. The lowest BCUT2D eigenvalue weighted by Crippen LogP contribution is -2.23. The number of allylic oxidation sites excluding steroid dienone is 1. The van der Waals surface area contributed by atoms with E-state index in [2.05, 4.69) is 0 Å². The molecule has 1 aromatic rings. The minimum absolute atomic E-state index is 0.0518. The number of carbonyl (C=O) groups is 1. The summed E-state index contributed by atoms with van der Waals surface area (Å²) < 4.78 is 0. The summed E-state index contributed by atoms with van der Waals surface area (Å²) in [6.07, 6.45) is 3.33. The van der Waals surface area contributed by atoms with Gasteiger partial charge < -0.3 is 4.90 Å². The van der Waals surface area contributed by atoms with Gasteiger partial charge in [0.1, 0.15) is 0 Å². The maximum atomic E-state index is 11.3. The molecule has 0 saturated heterocycles. The van der Waals surface area contributed by atoms with Gasteiger partial charge in [-0.2, -0.15) is 0 Å². The molecule has 0 saturated carbocycles. The lowest BCUT2D eigenvalue weighted by atomic mass is 10.4. The maximum absolute atomic E-state index is 11.3. The molecule has 0 unspecified atom stereocenters. The normalized spacial score (nSPS) is 10.6. The van der Waals surface area contributed by atoms with Crippen molar-refractivity contribution in [3.8, 4) is 0 Å². The van der Waals surface area contributed by atoms with Gasteiger partial charge in [0.2, 0.25) is 5.91 Å². The van der Waals surface area contributed by atoms with Crippen LogP contribution in [-0.4, -0.2) is 17.9 Å². The van der Waals surface area contributed by atoms with E-state index in [4.69, 9.17) is 0 Å². The highest BCUT2D eigenvalue weighted by Gasteiger charge is 2.04. The first-order chi connectivity index (χ1) is 6.24. The molecule has 0 aromatic carbocycles. The van der Waals surface area contributed by atoms with Crippen molar-refractivity contribution >= 4 is 17.2 Å². The van der Waals surface area contributed by atoms with Crippen molar-refractivity contribution in [3.05, 3.63) is 34.5 Å². The van der Waals surface area contributed by atoms with Gasteiger partial charge in [-0.3, -0.25) is 4.79 Å². The van der Waals surface area contributed by atoms with E-state index in [-0.39, 0.29) is 5.91 Å². The molecule has 0 spiro atoms. The van der Waals surface area contributed by atoms with Crippen LogP contribution in [0.15, 0.2) is 29.7 Å². The van der Waals surface area contributed by atoms with Crippen LogP contribution in [0.4, 0.5) is 0 Å². The van der Waals surface area contributed by atoms with Crippen molar-refractivity contribution in [2.75, 3.05) is 7.05 Å². The highest BCUT2D eigenvalue weighted by atomic mass is 32.1. The van der Waals surface area contributed by atoms with Crippen molar-refractivity contribution in [1.29, 1.82) is 0 Å². The zero-order valence-electron chi connectivity index (χ0n) is 7.86. The molecule has 1 amide bonds. The molecular formula is C10H13NOS. The molecule has 2 nitrogen and oxygen atoms in total. The van der Waals surface area contributed by atoms with Crippen molar-refractivity contribution in [2.24, 2.45) is 0 Å². The minimum Gasteiger partial charge on any atom is -0.337 e. The molecular weight excluding hydrogens is 182 g/mol. The maximum Gasteiger partial charge on any atom is 0.246 e. The van der Waals surface area contributed by atoms with Gasteiger partial charge in [-0.15, -0.1) is 11.3 Å². The Morgan fingerprint density at radius 3 is 3.00 bits per heavy atom. The van der Waals surface area contributed by atoms with E-state index in [9.17, 15) is 4.79 Å². The smallest absolute Gasteiger partial charge is 0.246 e. The van der Waals surface area contributed by atoms with Crippen molar-refractivity contribution in [1.82, 2.24) is 4.90 Å². The number of amides is 1. The highest BCUT2D eigenvalue weighted by Crippen LogP contribution is 2.10. The summed E-state index contributed by atoms with van der Waals surface area (Å²) in [6, 6.07) is 4.03. The third-order valence-electron chi connectivity index (χ3n) is 1.66. The van der Waals surface area contributed by atoms with E-state index >= 15 is 0 Å². The zero-order chi connectivity index (χ0) is 9.68. The Morgan fingerprint density at radius 1 is 1.69 bits per heavy atom. The molecule has 3 heteroatoms. The molecule has 13 heavy (non-hydrogen) atoms. The van der Waals surface area contributed by atoms with Gasteiger partial charge in [-0.25, -0.2) is 0 Å². The van der Waals surface area contributed by atoms with Crippen molar-refractivity contribution in [3.63, 3.8) is 0 Å². The summed E-state index contributed by atoms with van der Waals surface area (Å²) in [5.74, 6) is 0.0518. The van der Waals surface area contributed by atoms with Gasteiger partial charge in [0.15, 0.2) is 0 Å². The Morgan fingerprint density at radius 2 is 2.46 bits per heavy atom. The summed E-state index contributed by atoms with van der Waals surface area (Å²) in [7, 11) is 1.81. The van der Waals surface area contributed by atoms with Gasteiger partial charge in [-0.1, -0.05) is 12.1 Å². The molecule has 0 fully saturated rings. The Kier molecular flexibility index (Phi) is 3.71. The predicted octanol–water partition coefficient (Wildman–Crippen LogP) is 2.28. The van der Waals surface area contributed by atoms with Gasteiger partial charge in [0.05, 0.1) is 6.54 Å². The fourth-order valence-electron chi connectivity index (χ4n) is 0.984. The van der Waals surface area contributed by atoms with Crippen LogP contribution < -0.4 is 0 Å². The SMILES string of the molecule is CC=CC(=O)N(C)Cc1cccs1. The molecule has 70 valence electrons. The number of hydrogen-bond acceptors (Lipinski definition) is 2. The largest absolute Gasteiger partial charge is 0.337 e. The number of hydrogen-bond donors (Lipinski definition) is 0. The van der Waals surface area contributed by atoms with Crippen LogP contribution in [0.3, 0.4) is 0 Å². The third kappa shape index (κ3) is 3.03. The lowest BCUT2D eigenvalue weighted by molar-refractivity contribution is -0.125. The monoisotopic (exact) mass is 195 g/mol. The third-order valence-corrected chi connectivity index (χ3v) is 2.52. The molecule has 0 aliphatic carbocycles. The van der Waals surface area contributed by atoms with E-state index in [1.54, 1.807) is 28.4 Å². The molecule has 0 bridgehead atoms. The summed E-state index contributed by atoms with van der Waals surface area (Å²) >= 11 is 1.67. The molecule has 0 atom stereocenters. The van der Waals surface area contributed by atoms with Crippen molar-refractivity contribution < 1.29 is 4.79 Å². The molecule has 0 aliphatic heterocycles. The van der Waals surface area contributed by atoms with Gasteiger partial charge in [-0.05, 0) is 24.4 Å². The van der Waals surface area contributed by atoms with Gasteiger partial charge in [0.25, 0.3) is 0 Å². The lowest BCUT2D eigenvalue weighted by Gasteiger charge is -2.13. The van der Waals surface area contributed by atoms with Crippen LogP contribution in [0.5, 0.6) is 0 Å². The quantitative estimate of drug-likeness (QED) is 0.678. The fraction of sp³-hybridized carbons (Fsp3) is 0.300. The minimum atomic E-state index is 0.0518. The number of thiophene rings is 1. The summed E-state index contributed by atoms with van der Waals surface area (Å²) in [6.45, 7) is 2.54. The average molecular weight is 195 g/mol. The van der Waals surface area contributed by atoms with E-state index in [0.717, 1.165) is 0 Å². The Hall–Kier alpha value is -1.09. The molecule has 0 radical (unpaired) electrons. The topological polar surface area (TPSA) is 20.3 Å². The Bertz CT molecular complexity index is 290. The second kappa shape index (κ2) is 4.82. The second-order valence-electron chi connectivity index (χ2n) is 2.77. The fourth-order valence-corrected chi connectivity index (χ4v) is 1.74. The van der Waals surface area contributed by atoms with Gasteiger partial charge in [0, 0.05) is 11.9 Å². The van der Waals surface area contributed by atoms with Crippen molar-refractivity contribution in [2.45, 2.75) is 13.5 Å². The van der Waals surface area contributed by atoms with Crippen LogP contribution in [0, 0.1) is 0 Å². The van der Waals surface area contributed by atoms with E-state index in [1.165, 1.54) is 4.88 Å². The molecule has 1 heterocycles. The predicted molar refractivity (Wildman–Crippen MR) is 55.6 cm³/mol. The Labute approximate surface area is 82.5 Å². The standard InChI is InChI=1S/C10H13NOS/c1-3-5-10(12)11(2)8-9-6-4-7-13-9/h3-7H,8H2,1-2H3. The number of rotatable bonds is 3. The zero-order valence-corrected chi connectivity index (χ0v) is 8.67. The molecule has 1 aromatic heterocycles. The van der Waals surface area contributed by atoms with Crippen LogP contribution in [0.2, 0.25) is 0 Å². The van der Waals surface area contributed by atoms with E-state index in [1.807, 2.05) is 31.5 Å². The first-order valence-electron chi connectivity index (χ1n) is 4.14. The van der Waals surface area contributed by atoms with E-state index in [0.29, 0.717) is 6.54 Å². The molecule has 0 aliphatic rings. The number of carbonyl (C=O) groups excluding carboxylic acids is 1. The molecule has 1 rings (SSSR count). The highest BCUT2D eigenvalue weighted by molar-refractivity contribution is 7.09. The van der Waals surface area contributed by atoms with Crippen LogP contribution in [0.1, 0.15) is 11.8 Å². The number of likely N-dealkylation sites (N-methyl/N-ethyl adjacent to an activating group) is 1. The average Bonchev–Trinajstić information content (AvgIpc) is 2.57. The van der Waals surface area contributed by atoms with Crippen LogP contribution >= 0.6 is 11.3 Å². The van der Waals surface area contributed by atoms with E-state index < -0.39 is 0 Å². The second-order valence-corrected chi connectivity index (χ2v) is 3.81. The first-order valence-corrected chi connectivity index (χ1v) is 5.02. The first kappa shape index (κ1) is 9.99. The Balaban J connectivity index is 2.50. The summed E-state index contributed by atoms with van der Waals surface area (Å²) in [4.78, 5) is 14.2. The van der Waals surface area contributed by atoms with Gasteiger partial charge >= 0.3 is 0 Å².